The van der Waals surface area contributed by atoms with Crippen LogP contribution in [-0.4, -0.2) is 53.1 Å². The van der Waals surface area contributed by atoms with E-state index in [4.69, 9.17) is 16.3 Å². The molecular formula is C21H30ClFN2O3. The quantitative estimate of drug-likeness (QED) is 0.700. The van der Waals surface area contributed by atoms with E-state index in [1.807, 2.05) is 34.6 Å². The van der Waals surface area contributed by atoms with E-state index in [9.17, 15) is 14.0 Å². The number of likely N-dealkylation sites (tertiary alicyclic amines) is 1. The van der Waals surface area contributed by atoms with Crippen molar-refractivity contribution in [2.75, 3.05) is 19.6 Å². The van der Waals surface area contributed by atoms with Gasteiger partial charge in [-0.05, 0) is 65.5 Å². The van der Waals surface area contributed by atoms with E-state index in [1.54, 1.807) is 9.80 Å². The molecule has 0 saturated carbocycles. The van der Waals surface area contributed by atoms with Crippen LogP contribution in [0, 0.1) is 11.7 Å². The Labute approximate surface area is 171 Å². The summed E-state index contributed by atoms with van der Waals surface area (Å²) in [6.45, 7) is 10.9. The summed E-state index contributed by atoms with van der Waals surface area (Å²) in [4.78, 5) is 28.7. The summed E-state index contributed by atoms with van der Waals surface area (Å²) >= 11 is 6.05. The number of hydrogen-bond donors (Lipinski definition) is 0. The molecule has 1 aliphatic rings. The normalized spacial score (nSPS) is 17.6. The molecule has 1 heterocycles. The molecule has 1 aromatic carbocycles. The zero-order valence-corrected chi connectivity index (χ0v) is 18.1. The van der Waals surface area contributed by atoms with E-state index in [2.05, 4.69) is 0 Å². The van der Waals surface area contributed by atoms with Gasteiger partial charge in [-0.15, -0.1) is 0 Å². The molecule has 0 bridgehead atoms. The van der Waals surface area contributed by atoms with E-state index >= 15 is 0 Å². The lowest BCUT2D eigenvalue weighted by atomic mass is 9.96. The number of nitrogens with zero attached hydrogens (tertiary/aromatic N) is 2. The molecule has 1 aromatic rings. The van der Waals surface area contributed by atoms with Crippen LogP contribution in [0.3, 0.4) is 0 Å². The molecule has 0 N–H and O–H groups in total. The summed E-state index contributed by atoms with van der Waals surface area (Å²) in [6, 6.07) is 4.21. The zero-order chi connectivity index (χ0) is 21.1. The van der Waals surface area contributed by atoms with Crippen LogP contribution in [0.15, 0.2) is 18.2 Å². The largest absolute Gasteiger partial charge is 0.444 e. The van der Waals surface area contributed by atoms with Gasteiger partial charge >= 0.3 is 6.09 Å². The third-order valence-electron chi connectivity index (χ3n) is 4.69. The number of halogens is 2. The SMILES string of the molecule is CC(C)N(CC1CCCN(C(=O)c2c(F)cccc2Cl)C1)C(=O)OC(C)(C)C. The van der Waals surface area contributed by atoms with E-state index in [-0.39, 0.29) is 28.6 Å². The summed E-state index contributed by atoms with van der Waals surface area (Å²) in [5.74, 6) is -0.920. The van der Waals surface area contributed by atoms with Crippen molar-refractivity contribution in [2.24, 2.45) is 5.92 Å². The highest BCUT2D eigenvalue weighted by Gasteiger charge is 2.31. The van der Waals surface area contributed by atoms with Crippen LogP contribution in [0.4, 0.5) is 9.18 Å². The van der Waals surface area contributed by atoms with E-state index in [0.29, 0.717) is 19.6 Å². The maximum absolute atomic E-state index is 14.1. The highest BCUT2D eigenvalue weighted by atomic mass is 35.5. The summed E-state index contributed by atoms with van der Waals surface area (Å²) in [5, 5.41) is 0.115. The molecule has 2 rings (SSSR count). The molecular weight excluding hydrogens is 383 g/mol. The lowest BCUT2D eigenvalue weighted by Crippen LogP contribution is -2.48. The Morgan fingerprint density at radius 2 is 2.04 bits per heavy atom. The summed E-state index contributed by atoms with van der Waals surface area (Å²) in [5.41, 5.74) is -0.655. The number of carbonyl (C=O) groups is 2. The van der Waals surface area contributed by atoms with E-state index in [0.717, 1.165) is 12.8 Å². The number of carbonyl (C=O) groups excluding carboxylic acids is 2. The molecule has 1 fully saturated rings. The molecule has 1 aliphatic heterocycles. The standard InChI is InChI=1S/C21H30ClFN2O3/c1-14(2)25(20(27)28-21(3,4)5)13-15-8-7-11-24(12-15)19(26)18-16(22)9-6-10-17(18)23/h6,9-10,14-15H,7-8,11-13H2,1-5H3. The Morgan fingerprint density at radius 1 is 1.36 bits per heavy atom. The second-order valence-corrected chi connectivity index (χ2v) is 8.99. The topological polar surface area (TPSA) is 49.9 Å². The molecule has 1 unspecified atom stereocenters. The highest BCUT2D eigenvalue weighted by Crippen LogP contribution is 2.25. The molecule has 1 saturated heterocycles. The van der Waals surface area contributed by atoms with Crippen molar-refractivity contribution in [3.05, 3.63) is 34.6 Å². The Bertz CT molecular complexity index is 698. The van der Waals surface area contributed by atoms with Gasteiger partial charge in [0.25, 0.3) is 5.91 Å². The van der Waals surface area contributed by atoms with Crippen molar-refractivity contribution in [1.29, 1.82) is 0 Å². The van der Waals surface area contributed by atoms with Crippen molar-refractivity contribution in [3.8, 4) is 0 Å². The van der Waals surface area contributed by atoms with Crippen LogP contribution >= 0.6 is 11.6 Å². The third-order valence-corrected chi connectivity index (χ3v) is 5.00. The van der Waals surface area contributed by atoms with E-state index in [1.165, 1.54) is 18.2 Å². The fourth-order valence-corrected chi connectivity index (χ4v) is 3.60. The molecule has 5 nitrogen and oxygen atoms in total. The van der Waals surface area contributed by atoms with Crippen LogP contribution in [0.2, 0.25) is 5.02 Å². The smallest absolute Gasteiger partial charge is 0.410 e. The summed E-state index contributed by atoms with van der Waals surface area (Å²) in [6.07, 6.45) is 1.33. The predicted octanol–water partition coefficient (Wildman–Crippen LogP) is 4.98. The van der Waals surface area contributed by atoms with Gasteiger partial charge in [0, 0.05) is 25.7 Å². The number of amides is 2. The second-order valence-electron chi connectivity index (χ2n) is 8.58. The van der Waals surface area contributed by atoms with Gasteiger partial charge in [0.15, 0.2) is 0 Å². The van der Waals surface area contributed by atoms with Crippen molar-refractivity contribution >= 4 is 23.6 Å². The molecule has 1 atom stereocenters. The minimum Gasteiger partial charge on any atom is -0.444 e. The molecule has 0 aromatic heterocycles. The fraction of sp³-hybridized carbons (Fsp3) is 0.619. The molecule has 7 heteroatoms. The molecule has 28 heavy (non-hydrogen) atoms. The molecule has 0 spiro atoms. The zero-order valence-electron chi connectivity index (χ0n) is 17.3. The van der Waals surface area contributed by atoms with Gasteiger partial charge < -0.3 is 14.5 Å². The summed E-state index contributed by atoms with van der Waals surface area (Å²) < 4.78 is 19.6. The second kappa shape index (κ2) is 9.12. The fourth-order valence-electron chi connectivity index (χ4n) is 3.35. The molecule has 2 amide bonds. The number of hydrogen-bond acceptors (Lipinski definition) is 3. The maximum atomic E-state index is 14.1. The van der Waals surface area contributed by atoms with Gasteiger partial charge in [0.1, 0.15) is 11.4 Å². The van der Waals surface area contributed by atoms with Gasteiger partial charge in [-0.2, -0.15) is 0 Å². The first-order valence-electron chi connectivity index (χ1n) is 9.72. The minimum absolute atomic E-state index is 0.0260. The number of rotatable bonds is 4. The lowest BCUT2D eigenvalue weighted by molar-refractivity contribution is 0.0124. The van der Waals surface area contributed by atoms with Crippen molar-refractivity contribution < 1.29 is 18.7 Å². The first-order valence-corrected chi connectivity index (χ1v) is 10.1. The number of benzene rings is 1. The van der Waals surface area contributed by atoms with Gasteiger partial charge in [-0.3, -0.25) is 4.79 Å². The van der Waals surface area contributed by atoms with Crippen molar-refractivity contribution in [2.45, 2.75) is 59.1 Å². The van der Waals surface area contributed by atoms with Crippen molar-refractivity contribution in [3.63, 3.8) is 0 Å². The maximum Gasteiger partial charge on any atom is 0.410 e. The minimum atomic E-state index is -0.614. The number of piperidine rings is 1. The Kier molecular flexibility index (Phi) is 7.32. The van der Waals surface area contributed by atoms with Crippen LogP contribution < -0.4 is 0 Å². The average Bonchev–Trinajstić information content (AvgIpc) is 2.57. The van der Waals surface area contributed by atoms with E-state index < -0.39 is 17.3 Å². The van der Waals surface area contributed by atoms with Crippen LogP contribution in [0.25, 0.3) is 0 Å². The van der Waals surface area contributed by atoms with Crippen LogP contribution in [-0.2, 0) is 4.74 Å². The Balaban J connectivity index is 2.09. The highest BCUT2D eigenvalue weighted by molar-refractivity contribution is 6.33. The first-order chi connectivity index (χ1) is 13.0. The van der Waals surface area contributed by atoms with Crippen LogP contribution in [0.1, 0.15) is 57.8 Å². The molecule has 0 aliphatic carbocycles. The van der Waals surface area contributed by atoms with Gasteiger partial charge in [0.05, 0.1) is 10.6 Å². The van der Waals surface area contributed by atoms with Gasteiger partial charge in [-0.25, -0.2) is 9.18 Å². The van der Waals surface area contributed by atoms with Crippen molar-refractivity contribution in [1.82, 2.24) is 9.80 Å². The number of ether oxygens (including phenoxy) is 1. The Hall–Kier alpha value is -1.82. The third kappa shape index (κ3) is 5.84. The van der Waals surface area contributed by atoms with Crippen LogP contribution in [0.5, 0.6) is 0 Å². The molecule has 156 valence electrons. The average molecular weight is 413 g/mol. The first kappa shape index (κ1) is 22.5. The summed E-state index contributed by atoms with van der Waals surface area (Å²) in [7, 11) is 0. The molecule has 0 radical (unpaired) electrons. The van der Waals surface area contributed by atoms with Gasteiger partial charge in [0.2, 0.25) is 0 Å². The lowest BCUT2D eigenvalue weighted by Gasteiger charge is -2.37. The predicted molar refractivity (Wildman–Crippen MR) is 108 cm³/mol. The Morgan fingerprint density at radius 3 is 2.61 bits per heavy atom. The van der Waals surface area contributed by atoms with Gasteiger partial charge in [-0.1, -0.05) is 17.7 Å². The monoisotopic (exact) mass is 412 g/mol.